The maximum atomic E-state index is 10.0. The SMILES string of the molecule is OC[C@H]1O[C@@H]2SC(N3CCCC3)=N[C@@H]2[C@H](O)[C@H]1O. The summed E-state index contributed by atoms with van der Waals surface area (Å²) in [6.45, 7) is 1.70. The number of thioether (sulfide) groups is 1. The van der Waals surface area contributed by atoms with Gasteiger partial charge in [-0.1, -0.05) is 11.8 Å². The first kappa shape index (κ1) is 12.7. The van der Waals surface area contributed by atoms with Crippen LogP contribution in [0.5, 0.6) is 0 Å². The van der Waals surface area contributed by atoms with Crippen LogP contribution in [0.2, 0.25) is 0 Å². The van der Waals surface area contributed by atoms with Crippen molar-refractivity contribution in [2.75, 3.05) is 19.7 Å². The normalized spacial score (nSPS) is 44.1. The van der Waals surface area contributed by atoms with Crippen LogP contribution in [0.15, 0.2) is 4.99 Å². The van der Waals surface area contributed by atoms with Gasteiger partial charge in [-0.3, -0.25) is 4.99 Å². The number of ether oxygens (including phenoxy) is 1. The number of nitrogens with zero attached hydrogens (tertiary/aromatic N) is 2. The summed E-state index contributed by atoms with van der Waals surface area (Å²) in [6, 6.07) is -0.427. The Kier molecular flexibility index (Phi) is 3.50. The lowest BCUT2D eigenvalue weighted by molar-refractivity contribution is -0.164. The number of rotatable bonds is 1. The van der Waals surface area contributed by atoms with Crippen LogP contribution in [0.3, 0.4) is 0 Å². The number of hydrogen-bond acceptors (Lipinski definition) is 7. The average molecular weight is 274 g/mol. The molecule has 5 atom stereocenters. The van der Waals surface area contributed by atoms with Crippen LogP contribution in [0, 0.1) is 0 Å². The van der Waals surface area contributed by atoms with Crippen molar-refractivity contribution in [3.05, 3.63) is 0 Å². The molecule has 0 aromatic rings. The van der Waals surface area contributed by atoms with E-state index in [-0.39, 0.29) is 12.0 Å². The van der Waals surface area contributed by atoms with E-state index in [1.165, 1.54) is 24.6 Å². The zero-order valence-electron chi connectivity index (χ0n) is 9.97. The van der Waals surface area contributed by atoms with Crippen molar-refractivity contribution in [3.63, 3.8) is 0 Å². The zero-order chi connectivity index (χ0) is 12.7. The second kappa shape index (κ2) is 4.97. The molecular weight excluding hydrogens is 256 g/mol. The minimum absolute atomic E-state index is 0.291. The van der Waals surface area contributed by atoms with E-state index in [0.717, 1.165) is 18.3 Å². The molecule has 0 unspecified atom stereocenters. The van der Waals surface area contributed by atoms with E-state index < -0.39 is 24.4 Å². The number of aliphatic hydroxyl groups is 3. The first-order chi connectivity index (χ1) is 8.70. The Morgan fingerprint density at radius 2 is 2.00 bits per heavy atom. The van der Waals surface area contributed by atoms with Gasteiger partial charge in [0.2, 0.25) is 0 Å². The molecule has 2 fully saturated rings. The molecule has 0 aromatic heterocycles. The molecule has 3 N–H and O–H groups in total. The monoisotopic (exact) mass is 274 g/mol. The molecular formula is C11H18N2O4S. The number of aliphatic imine (C=N–C) groups is 1. The van der Waals surface area contributed by atoms with Gasteiger partial charge in [-0.15, -0.1) is 0 Å². The molecule has 0 spiro atoms. The Balaban J connectivity index is 1.74. The largest absolute Gasteiger partial charge is 0.394 e. The molecule has 6 nitrogen and oxygen atoms in total. The lowest BCUT2D eigenvalue weighted by Crippen LogP contribution is -2.55. The first-order valence-corrected chi connectivity index (χ1v) is 7.20. The van der Waals surface area contributed by atoms with Gasteiger partial charge in [-0.25, -0.2) is 0 Å². The van der Waals surface area contributed by atoms with Crippen molar-refractivity contribution in [3.8, 4) is 0 Å². The van der Waals surface area contributed by atoms with Gasteiger partial charge in [0, 0.05) is 13.1 Å². The second-order valence-electron chi connectivity index (χ2n) is 4.92. The topological polar surface area (TPSA) is 85.5 Å². The Bertz CT molecular complexity index is 348. The lowest BCUT2D eigenvalue weighted by Gasteiger charge is -2.37. The maximum absolute atomic E-state index is 10.0. The van der Waals surface area contributed by atoms with Gasteiger partial charge in [0.25, 0.3) is 0 Å². The highest BCUT2D eigenvalue weighted by molar-refractivity contribution is 8.14. The molecule has 3 aliphatic rings. The highest BCUT2D eigenvalue weighted by Gasteiger charge is 2.48. The van der Waals surface area contributed by atoms with E-state index in [0.29, 0.717) is 0 Å². The Labute approximate surface area is 110 Å². The quantitative estimate of drug-likeness (QED) is 0.568. The number of amidine groups is 1. The number of hydrogen-bond donors (Lipinski definition) is 3. The molecule has 3 heterocycles. The minimum Gasteiger partial charge on any atom is -0.394 e. The highest BCUT2D eigenvalue weighted by Crippen LogP contribution is 2.37. The van der Waals surface area contributed by atoms with Crippen LogP contribution in [-0.4, -0.2) is 74.9 Å². The summed E-state index contributed by atoms with van der Waals surface area (Å²) >= 11 is 1.49. The molecule has 0 radical (unpaired) electrons. The molecule has 2 saturated heterocycles. The Hall–Kier alpha value is -0.340. The summed E-state index contributed by atoms with van der Waals surface area (Å²) in [5, 5.41) is 29.9. The van der Waals surface area contributed by atoms with Crippen molar-refractivity contribution < 1.29 is 20.1 Å². The van der Waals surface area contributed by atoms with Gasteiger partial charge in [0.1, 0.15) is 29.8 Å². The zero-order valence-corrected chi connectivity index (χ0v) is 10.8. The summed E-state index contributed by atoms with van der Waals surface area (Å²) < 4.78 is 5.59. The van der Waals surface area contributed by atoms with Crippen LogP contribution in [0.4, 0.5) is 0 Å². The summed E-state index contributed by atoms with van der Waals surface area (Å²) in [5.41, 5.74) is -0.295. The lowest BCUT2D eigenvalue weighted by atomic mass is 9.99. The van der Waals surface area contributed by atoms with Gasteiger partial charge < -0.3 is 25.0 Å². The third-order valence-electron chi connectivity index (χ3n) is 3.71. The van der Waals surface area contributed by atoms with Gasteiger partial charge in [0.05, 0.1) is 6.61 Å². The predicted octanol–water partition coefficient (Wildman–Crippen LogP) is -1.01. The number of aliphatic hydroxyl groups excluding tert-OH is 3. The maximum Gasteiger partial charge on any atom is 0.162 e. The number of fused-ring (bicyclic) bond motifs is 1. The highest BCUT2D eigenvalue weighted by atomic mass is 32.2. The average Bonchev–Trinajstić information content (AvgIpc) is 3.01. The van der Waals surface area contributed by atoms with Crippen LogP contribution < -0.4 is 0 Å². The molecule has 3 aliphatic heterocycles. The van der Waals surface area contributed by atoms with Crippen molar-refractivity contribution in [1.29, 1.82) is 0 Å². The van der Waals surface area contributed by atoms with Crippen LogP contribution in [-0.2, 0) is 4.74 Å². The molecule has 0 aliphatic carbocycles. The first-order valence-electron chi connectivity index (χ1n) is 6.32. The van der Waals surface area contributed by atoms with Crippen molar-refractivity contribution in [2.45, 2.75) is 42.6 Å². The summed E-state index contributed by atoms with van der Waals surface area (Å²) in [6.07, 6.45) is -0.422. The van der Waals surface area contributed by atoms with Gasteiger partial charge in [0.15, 0.2) is 5.17 Å². The third-order valence-corrected chi connectivity index (χ3v) is 4.90. The smallest absolute Gasteiger partial charge is 0.162 e. The summed E-state index contributed by atoms with van der Waals surface area (Å²) in [7, 11) is 0. The van der Waals surface area contributed by atoms with Crippen LogP contribution >= 0.6 is 11.8 Å². The van der Waals surface area contributed by atoms with Gasteiger partial charge in [-0.2, -0.15) is 0 Å². The van der Waals surface area contributed by atoms with E-state index >= 15 is 0 Å². The fourth-order valence-corrected chi connectivity index (χ4v) is 3.91. The Morgan fingerprint density at radius 3 is 2.67 bits per heavy atom. The molecule has 3 rings (SSSR count). The number of likely N-dealkylation sites (tertiary alicyclic amines) is 1. The van der Waals surface area contributed by atoms with Crippen molar-refractivity contribution in [2.24, 2.45) is 4.99 Å². The molecule has 102 valence electrons. The minimum atomic E-state index is -1.07. The van der Waals surface area contributed by atoms with E-state index in [1.54, 1.807) is 0 Å². The molecule has 0 amide bonds. The fourth-order valence-electron chi connectivity index (χ4n) is 2.63. The third kappa shape index (κ3) is 2.04. The summed E-state index contributed by atoms with van der Waals surface area (Å²) in [4.78, 5) is 6.67. The van der Waals surface area contributed by atoms with E-state index in [2.05, 4.69) is 9.89 Å². The van der Waals surface area contributed by atoms with Crippen LogP contribution in [0.1, 0.15) is 12.8 Å². The molecule has 0 bridgehead atoms. The van der Waals surface area contributed by atoms with Crippen molar-refractivity contribution >= 4 is 16.9 Å². The molecule has 7 heteroatoms. The molecule has 0 saturated carbocycles. The molecule has 0 aromatic carbocycles. The van der Waals surface area contributed by atoms with E-state index in [9.17, 15) is 10.2 Å². The van der Waals surface area contributed by atoms with E-state index in [1.807, 2.05) is 0 Å². The van der Waals surface area contributed by atoms with Gasteiger partial charge in [-0.05, 0) is 12.8 Å². The molecule has 18 heavy (non-hydrogen) atoms. The van der Waals surface area contributed by atoms with E-state index in [4.69, 9.17) is 9.84 Å². The second-order valence-corrected chi connectivity index (χ2v) is 5.99. The van der Waals surface area contributed by atoms with Crippen LogP contribution in [0.25, 0.3) is 0 Å². The fraction of sp³-hybridized carbons (Fsp3) is 0.909. The predicted molar refractivity (Wildman–Crippen MR) is 67.4 cm³/mol. The van der Waals surface area contributed by atoms with Crippen molar-refractivity contribution in [1.82, 2.24) is 4.90 Å². The van der Waals surface area contributed by atoms with Gasteiger partial charge >= 0.3 is 0 Å². The Morgan fingerprint density at radius 1 is 1.28 bits per heavy atom. The summed E-state index contributed by atoms with van der Waals surface area (Å²) in [5.74, 6) is 0. The standard InChI is InChI=1S/C11H18N2O4S/c14-5-6-8(15)9(16)7-10(17-6)18-11(12-7)13-3-1-2-4-13/h6-10,14-16H,1-5H2/t6-,7-,8+,9+,10-/m1/s1.